The number of carbonyl (C=O) groups excluding carboxylic acids is 4. The van der Waals surface area contributed by atoms with Crippen LogP contribution in [0.5, 0.6) is 0 Å². The van der Waals surface area contributed by atoms with Crippen molar-refractivity contribution in [2.45, 2.75) is 88.8 Å². The summed E-state index contributed by atoms with van der Waals surface area (Å²) >= 11 is 0. The van der Waals surface area contributed by atoms with E-state index in [0.717, 1.165) is 36.1 Å². The molecule has 0 radical (unpaired) electrons. The van der Waals surface area contributed by atoms with Crippen LogP contribution in [0.25, 0.3) is 0 Å². The zero-order chi connectivity index (χ0) is 30.6. The van der Waals surface area contributed by atoms with Gasteiger partial charge in [0.05, 0.1) is 5.92 Å². The molecule has 12 heteroatoms. The van der Waals surface area contributed by atoms with E-state index in [4.69, 9.17) is 5.73 Å². The lowest BCUT2D eigenvalue weighted by Gasteiger charge is -2.28. The van der Waals surface area contributed by atoms with Crippen molar-refractivity contribution in [1.29, 1.82) is 0 Å². The van der Waals surface area contributed by atoms with Gasteiger partial charge in [0, 0.05) is 30.9 Å². The molecule has 1 aliphatic heterocycles. The highest BCUT2D eigenvalue weighted by atomic mass is 19.3. The number of primary amides is 1. The fourth-order valence-electron chi connectivity index (χ4n) is 7.08. The van der Waals surface area contributed by atoms with Crippen molar-refractivity contribution < 1.29 is 28.0 Å². The van der Waals surface area contributed by atoms with Gasteiger partial charge in [-0.05, 0) is 99.5 Å². The van der Waals surface area contributed by atoms with E-state index in [1.165, 1.54) is 0 Å². The van der Waals surface area contributed by atoms with Gasteiger partial charge >= 0.3 is 0 Å². The second kappa shape index (κ2) is 11.0. The third kappa shape index (κ3) is 5.63. The number of likely N-dealkylation sites (tertiary alicyclic amines) is 1. The highest BCUT2D eigenvalue weighted by Gasteiger charge is 2.55. The molecule has 4 N–H and O–H groups in total. The van der Waals surface area contributed by atoms with Crippen LogP contribution in [0.2, 0.25) is 0 Å². The number of nitrogens with one attached hydrogen (secondary N) is 2. The fraction of sp³-hybridized carbons (Fsp3) is 0.581. The number of fused-ring (bicyclic) bond motifs is 1. The smallest absolute Gasteiger partial charge is 0.278 e. The third-order valence-electron chi connectivity index (χ3n) is 9.42. The minimum absolute atomic E-state index is 0.0172. The van der Waals surface area contributed by atoms with Crippen LogP contribution >= 0.6 is 0 Å². The number of alkyl halides is 2. The van der Waals surface area contributed by atoms with Gasteiger partial charge in [-0.2, -0.15) is 5.10 Å². The predicted molar refractivity (Wildman–Crippen MR) is 153 cm³/mol. The number of nitrogens with two attached hydrogens (primary N) is 1. The number of hydrogen-bond acceptors (Lipinski definition) is 5. The van der Waals surface area contributed by atoms with Crippen LogP contribution in [0.4, 0.5) is 14.5 Å². The van der Waals surface area contributed by atoms with Gasteiger partial charge in [-0.25, -0.2) is 8.78 Å². The summed E-state index contributed by atoms with van der Waals surface area (Å²) in [5.41, 5.74) is 7.72. The van der Waals surface area contributed by atoms with E-state index in [1.54, 1.807) is 35.1 Å². The van der Waals surface area contributed by atoms with Crippen LogP contribution in [0.15, 0.2) is 30.5 Å². The molecular formula is C31H38F2N6O4. The first-order valence-electron chi connectivity index (χ1n) is 15.2. The summed E-state index contributed by atoms with van der Waals surface area (Å²) in [6.07, 6.45) is 6.07. The Morgan fingerprint density at radius 1 is 1.05 bits per heavy atom. The Morgan fingerprint density at radius 2 is 1.74 bits per heavy atom. The molecule has 10 nitrogen and oxygen atoms in total. The Labute approximate surface area is 248 Å². The second-order valence-electron chi connectivity index (χ2n) is 12.8. The quantitative estimate of drug-likeness (QED) is 0.386. The number of halogens is 2. The van der Waals surface area contributed by atoms with Crippen molar-refractivity contribution in [2.75, 3.05) is 11.9 Å². The standard InChI is InChI=1S/C31H38F2N6O4/c1-16(2)39-23(11-13-35-39)28(41)37-25(24(17-3-4-17)18-5-6-18)29(42)36-20-8-10-21-19(15-20)7-9-22(21)30(43)38-14-12-31(32,33)26(38)27(34)40/h8,10-11,13,15-18,22,24-26H,3-7,9,12,14H2,1-2H3,(H2,34,40)(H,36,42)(H,37,41)/t22-,25+,26+/m1/s1. The van der Waals surface area contributed by atoms with Crippen molar-refractivity contribution in [3.8, 4) is 0 Å². The lowest BCUT2D eigenvalue weighted by Crippen LogP contribution is -2.51. The molecule has 3 atom stereocenters. The number of amides is 4. The zero-order valence-electron chi connectivity index (χ0n) is 24.4. The molecule has 230 valence electrons. The maximum Gasteiger partial charge on any atom is 0.278 e. The van der Waals surface area contributed by atoms with Gasteiger partial charge in [0.2, 0.25) is 17.7 Å². The van der Waals surface area contributed by atoms with Crippen LogP contribution < -0.4 is 16.4 Å². The normalized spacial score (nSPS) is 23.3. The van der Waals surface area contributed by atoms with E-state index in [2.05, 4.69) is 15.7 Å². The molecule has 2 heterocycles. The maximum absolute atomic E-state index is 14.3. The highest BCUT2D eigenvalue weighted by Crippen LogP contribution is 2.51. The van der Waals surface area contributed by atoms with Gasteiger partial charge in [-0.15, -0.1) is 0 Å². The largest absolute Gasteiger partial charge is 0.368 e. The number of aromatic nitrogens is 2. The van der Waals surface area contributed by atoms with Gasteiger partial charge in [0.1, 0.15) is 11.7 Å². The first kappa shape index (κ1) is 29.3. The van der Waals surface area contributed by atoms with E-state index in [9.17, 15) is 28.0 Å². The summed E-state index contributed by atoms with van der Waals surface area (Å²) < 4.78 is 30.3. The summed E-state index contributed by atoms with van der Waals surface area (Å²) in [5, 5.41) is 10.3. The van der Waals surface area contributed by atoms with Crippen molar-refractivity contribution in [3.05, 3.63) is 47.3 Å². The SMILES string of the molecule is CC(C)n1nccc1C(=O)N[C@H](C(=O)Nc1ccc2c(c1)CC[C@H]2C(=O)N1CCC(F)(F)[C@@H]1C(N)=O)C(C1CC1)C1CC1. The van der Waals surface area contributed by atoms with Crippen molar-refractivity contribution in [3.63, 3.8) is 0 Å². The van der Waals surface area contributed by atoms with Crippen LogP contribution in [-0.4, -0.2) is 62.9 Å². The molecule has 0 unspecified atom stereocenters. The number of rotatable bonds is 10. The van der Waals surface area contributed by atoms with E-state index >= 15 is 0 Å². The molecule has 1 aromatic heterocycles. The molecular weight excluding hydrogens is 558 g/mol. The predicted octanol–water partition coefficient (Wildman–Crippen LogP) is 3.39. The number of anilines is 1. The van der Waals surface area contributed by atoms with Crippen LogP contribution in [0.3, 0.4) is 0 Å². The van der Waals surface area contributed by atoms with Crippen LogP contribution in [0.1, 0.15) is 85.9 Å². The summed E-state index contributed by atoms with van der Waals surface area (Å²) in [5.74, 6) is -5.54. The highest BCUT2D eigenvalue weighted by molar-refractivity contribution is 6.01. The van der Waals surface area contributed by atoms with E-state index in [-0.39, 0.29) is 30.3 Å². The second-order valence-corrected chi connectivity index (χ2v) is 12.8. The average molecular weight is 597 g/mol. The minimum atomic E-state index is -3.35. The molecule has 3 aliphatic carbocycles. The Balaban J connectivity index is 1.19. The molecule has 0 bridgehead atoms. The monoisotopic (exact) mass is 596 g/mol. The fourth-order valence-corrected chi connectivity index (χ4v) is 7.08. The van der Waals surface area contributed by atoms with Crippen LogP contribution in [-0.2, 0) is 20.8 Å². The Kier molecular flexibility index (Phi) is 7.50. The lowest BCUT2D eigenvalue weighted by molar-refractivity contribution is -0.146. The molecule has 1 saturated heterocycles. The van der Waals surface area contributed by atoms with E-state index in [1.807, 2.05) is 13.8 Å². The van der Waals surface area contributed by atoms with Crippen LogP contribution in [0, 0.1) is 17.8 Å². The number of carbonyl (C=O) groups is 4. The maximum atomic E-state index is 14.3. The topological polar surface area (TPSA) is 139 Å². The molecule has 4 aliphatic rings. The van der Waals surface area contributed by atoms with Gasteiger partial charge < -0.3 is 21.3 Å². The summed E-state index contributed by atoms with van der Waals surface area (Å²) in [6, 6.07) is 4.22. The Morgan fingerprint density at radius 3 is 2.37 bits per heavy atom. The third-order valence-corrected chi connectivity index (χ3v) is 9.42. The summed E-state index contributed by atoms with van der Waals surface area (Å²) in [4.78, 5) is 53.2. The molecule has 2 saturated carbocycles. The van der Waals surface area contributed by atoms with Crippen molar-refractivity contribution >= 4 is 29.3 Å². The summed E-state index contributed by atoms with van der Waals surface area (Å²) in [6.45, 7) is 3.65. The number of aryl methyl sites for hydroxylation is 1. The van der Waals surface area contributed by atoms with Gasteiger partial charge in [0.25, 0.3) is 11.8 Å². The van der Waals surface area contributed by atoms with Crippen molar-refractivity contribution in [1.82, 2.24) is 20.0 Å². The van der Waals surface area contributed by atoms with Gasteiger partial charge in [0.15, 0.2) is 6.04 Å². The summed E-state index contributed by atoms with van der Waals surface area (Å²) in [7, 11) is 0. The number of hydrogen-bond donors (Lipinski definition) is 3. The molecule has 6 rings (SSSR count). The first-order chi connectivity index (χ1) is 20.5. The molecule has 4 amide bonds. The lowest BCUT2D eigenvalue weighted by atomic mass is 9.88. The van der Waals surface area contributed by atoms with E-state index in [0.29, 0.717) is 41.6 Å². The Bertz CT molecular complexity index is 1440. The molecule has 43 heavy (non-hydrogen) atoms. The number of benzene rings is 1. The first-order valence-corrected chi connectivity index (χ1v) is 15.2. The molecule has 1 aromatic carbocycles. The van der Waals surface area contributed by atoms with Crippen molar-refractivity contribution in [2.24, 2.45) is 23.5 Å². The zero-order valence-corrected chi connectivity index (χ0v) is 24.4. The number of nitrogens with zero attached hydrogens (tertiary/aromatic N) is 3. The van der Waals surface area contributed by atoms with Gasteiger partial charge in [-0.1, -0.05) is 6.07 Å². The minimum Gasteiger partial charge on any atom is -0.368 e. The van der Waals surface area contributed by atoms with E-state index < -0.39 is 42.2 Å². The Hall–Kier alpha value is -3.83. The molecule has 2 aromatic rings. The molecule has 0 spiro atoms. The average Bonchev–Trinajstić information content (AvgIpc) is 3.84. The molecule has 3 fully saturated rings. The van der Waals surface area contributed by atoms with Gasteiger partial charge in [-0.3, -0.25) is 23.9 Å².